The van der Waals surface area contributed by atoms with Crippen molar-refractivity contribution in [3.63, 3.8) is 0 Å². The van der Waals surface area contributed by atoms with E-state index in [0.717, 1.165) is 28.2 Å². The first kappa shape index (κ1) is 8.24. The minimum Gasteiger partial charge on any atom is -0.417 e. The van der Waals surface area contributed by atoms with Crippen LogP contribution in [0, 0.1) is 17.3 Å². The van der Waals surface area contributed by atoms with E-state index < -0.39 is 0 Å². The SMILES string of the molecule is C1=CC2(C3CCO[Si]C3)CCC1C2. The molecule has 2 aliphatic carbocycles. The van der Waals surface area contributed by atoms with Crippen LogP contribution in [0.5, 0.6) is 0 Å². The Bertz CT molecular complexity index is 232. The van der Waals surface area contributed by atoms with Crippen molar-refractivity contribution in [3.05, 3.63) is 12.2 Å². The molecule has 1 saturated carbocycles. The van der Waals surface area contributed by atoms with E-state index in [9.17, 15) is 0 Å². The fourth-order valence-electron chi connectivity index (χ4n) is 3.32. The van der Waals surface area contributed by atoms with Gasteiger partial charge in [-0.15, -0.1) is 0 Å². The van der Waals surface area contributed by atoms with Crippen molar-refractivity contribution in [2.75, 3.05) is 6.61 Å². The van der Waals surface area contributed by atoms with Gasteiger partial charge in [0.05, 0.1) is 0 Å². The molecule has 0 aromatic heterocycles. The Hall–Kier alpha value is -0.0831. The summed E-state index contributed by atoms with van der Waals surface area (Å²) in [5.74, 6) is 1.88. The van der Waals surface area contributed by atoms with Gasteiger partial charge in [-0.25, -0.2) is 0 Å². The zero-order valence-electron chi connectivity index (χ0n) is 7.96. The molecule has 1 heterocycles. The molecule has 0 aromatic carbocycles. The molecule has 3 aliphatic rings. The van der Waals surface area contributed by atoms with Crippen molar-refractivity contribution in [1.29, 1.82) is 0 Å². The van der Waals surface area contributed by atoms with Gasteiger partial charge in [0.2, 0.25) is 9.76 Å². The second kappa shape index (κ2) is 2.96. The maximum Gasteiger partial charge on any atom is 0.229 e. The lowest BCUT2D eigenvalue weighted by Gasteiger charge is -2.36. The molecule has 1 aliphatic heterocycles. The van der Waals surface area contributed by atoms with Gasteiger partial charge in [-0.3, -0.25) is 0 Å². The smallest absolute Gasteiger partial charge is 0.229 e. The van der Waals surface area contributed by atoms with Crippen LogP contribution in [0.3, 0.4) is 0 Å². The summed E-state index contributed by atoms with van der Waals surface area (Å²) >= 11 is 0. The Balaban J connectivity index is 1.79. The first-order chi connectivity index (χ1) is 6.39. The van der Waals surface area contributed by atoms with E-state index in [0.29, 0.717) is 5.41 Å². The molecule has 2 bridgehead atoms. The maximum atomic E-state index is 5.47. The highest BCUT2D eigenvalue weighted by Crippen LogP contribution is 2.55. The van der Waals surface area contributed by atoms with Gasteiger partial charge >= 0.3 is 0 Å². The molecule has 70 valence electrons. The predicted molar refractivity (Wildman–Crippen MR) is 53.5 cm³/mol. The molecule has 3 unspecified atom stereocenters. The molecule has 0 N–H and O–H groups in total. The maximum absolute atomic E-state index is 5.47. The zero-order chi connectivity index (χ0) is 8.73. The number of rotatable bonds is 1. The molecule has 13 heavy (non-hydrogen) atoms. The van der Waals surface area contributed by atoms with E-state index in [1.807, 2.05) is 0 Å². The number of hydrogen-bond acceptors (Lipinski definition) is 1. The van der Waals surface area contributed by atoms with Gasteiger partial charge in [0.15, 0.2) is 0 Å². The summed E-state index contributed by atoms with van der Waals surface area (Å²) < 4.78 is 5.47. The van der Waals surface area contributed by atoms with Gasteiger partial charge in [-0.2, -0.15) is 0 Å². The summed E-state index contributed by atoms with van der Waals surface area (Å²) in [6, 6.07) is 1.33. The van der Waals surface area contributed by atoms with Crippen molar-refractivity contribution in [3.8, 4) is 0 Å². The van der Waals surface area contributed by atoms with Crippen LogP contribution in [-0.2, 0) is 4.43 Å². The monoisotopic (exact) mass is 192 g/mol. The van der Waals surface area contributed by atoms with Crippen molar-refractivity contribution in [2.24, 2.45) is 17.3 Å². The van der Waals surface area contributed by atoms with Gasteiger partial charge < -0.3 is 4.43 Å². The van der Waals surface area contributed by atoms with Crippen LogP contribution < -0.4 is 0 Å². The number of hydrogen-bond donors (Lipinski definition) is 0. The first-order valence-corrected chi connectivity index (χ1v) is 6.55. The summed E-state index contributed by atoms with van der Waals surface area (Å²) in [6.45, 7) is 1.02. The van der Waals surface area contributed by atoms with E-state index >= 15 is 0 Å². The van der Waals surface area contributed by atoms with Gasteiger partial charge in [0.25, 0.3) is 0 Å². The first-order valence-electron chi connectivity index (χ1n) is 5.43. The van der Waals surface area contributed by atoms with E-state index in [2.05, 4.69) is 12.2 Å². The highest BCUT2D eigenvalue weighted by Gasteiger charge is 2.46. The van der Waals surface area contributed by atoms with E-state index in [-0.39, 0.29) is 0 Å². The summed E-state index contributed by atoms with van der Waals surface area (Å²) in [5.41, 5.74) is 0.626. The normalized spacial score (nSPS) is 48.6. The number of allylic oxidation sites excluding steroid dienone is 2. The van der Waals surface area contributed by atoms with E-state index in [1.54, 1.807) is 0 Å². The van der Waals surface area contributed by atoms with Gasteiger partial charge in [-0.05, 0) is 49.0 Å². The molecular formula is C11H16OSi. The third-order valence-corrected chi connectivity index (χ3v) is 5.20. The lowest BCUT2D eigenvalue weighted by atomic mass is 9.74. The summed E-state index contributed by atoms with van der Waals surface area (Å²) in [6.07, 6.45) is 10.7. The standard InChI is InChI=1S/C11H16OSi/c1-4-11(5-2-9(1)7-11)10-3-6-12-13-8-10/h1,4,9-10H,2-3,5-8H2. The Morgan fingerprint density at radius 1 is 1.38 bits per heavy atom. The summed E-state index contributed by atoms with van der Waals surface area (Å²) in [7, 11) is 0.777. The molecule has 3 rings (SSSR count). The largest absolute Gasteiger partial charge is 0.417 e. The van der Waals surface area contributed by atoms with Crippen LogP contribution in [0.4, 0.5) is 0 Å². The molecule has 0 aromatic rings. The van der Waals surface area contributed by atoms with Crippen LogP contribution in [0.1, 0.15) is 25.7 Å². The second-order valence-electron chi connectivity index (χ2n) is 4.78. The Morgan fingerprint density at radius 3 is 2.92 bits per heavy atom. The van der Waals surface area contributed by atoms with Crippen molar-refractivity contribution < 1.29 is 4.43 Å². The number of fused-ring (bicyclic) bond motifs is 2. The molecule has 2 heteroatoms. The highest BCUT2D eigenvalue weighted by atomic mass is 28.2. The molecule has 2 fully saturated rings. The van der Waals surface area contributed by atoms with E-state index in [1.165, 1.54) is 31.7 Å². The Kier molecular flexibility index (Phi) is 1.87. The molecule has 0 spiro atoms. The minimum absolute atomic E-state index is 0.626. The quantitative estimate of drug-likeness (QED) is 0.458. The average Bonchev–Trinajstić information content (AvgIpc) is 2.80. The third-order valence-electron chi connectivity index (χ3n) is 4.14. The second-order valence-corrected chi connectivity index (χ2v) is 5.76. The lowest BCUT2D eigenvalue weighted by molar-refractivity contribution is 0.172. The fraction of sp³-hybridized carbons (Fsp3) is 0.818. The van der Waals surface area contributed by atoms with Crippen LogP contribution >= 0.6 is 0 Å². The van der Waals surface area contributed by atoms with Crippen molar-refractivity contribution in [1.82, 2.24) is 0 Å². The zero-order valence-corrected chi connectivity index (χ0v) is 8.96. The Labute approximate surface area is 82.5 Å². The van der Waals surface area contributed by atoms with Crippen molar-refractivity contribution in [2.45, 2.75) is 31.7 Å². The fourth-order valence-corrected chi connectivity index (χ4v) is 4.51. The predicted octanol–water partition coefficient (Wildman–Crippen LogP) is 2.42. The van der Waals surface area contributed by atoms with Crippen LogP contribution in [0.15, 0.2) is 12.2 Å². The van der Waals surface area contributed by atoms with E-state index in [4.69, 9.17) is 4.43 Å². The van der Waals surface area contributed by atoms with Crippen LogP contribution in [0.25, 0.3) is 0 Å². The molecule has 3 atom stereocenters. The Morgan fingerprint density at radius 2 is 2.38 bits per heavy atom. The molecule has 1 saturated heterocycles. The van der Waals surface area contributed by atoms with Crippen LogP contribution in [-0.4, -0.2) is 16.4 Å². The molecule has 1 nitrogen and oxygen atoms in total. The topological polar surface area (TPSA) is 9.23 Å². The summed E-state index contributed by atoms with van der Waals surface area (Å²) in [5, 5.41) is 0. The molecular weight excluding hydrogens is 176 g/mol. The third kappa shape index (κ3) is 1.23. The van der Waals surface area contributed by atoms with Gasteiger partial charge in [0, 0.05) is 6.61 Å². The van der Waals surface area contributed by atoms with Crippen molar-refractivity contribution >= 4 is 9.76 Å². The highest BCUT2D eigenvalue weighted by molar-refractivity contribution is 6.27. The van der Waals surface area contributed by atoms with Gasteiger partial charge in [-0.1, -0.05) is 12.2 Å². The van der Waals surface area contributed by atoms with Crippen LogP contribution in [0.2, 0.25) is 6.04 Å². The van der Waals surface area contributed by atoms with Gasteiger partial charge in [0.1, 0.15) is 0 Å². The minimum atomic E-state index is 0.626. The molecule has 0 amide bonds. The summed E-state index contributed by atoms with van der Waals surface area (Å²) in [4.78, 5) is 0. The lowest BCUT2D eigenvalue weighted by Crippen LogP contribution is -2.30. The molecule has 2 radical (unpaired) electrons. The average molecular weight is 192 g/mol.